The Kier molecular flexibility index (Phi) is 6.79. The highest BCUT2D eigenvalue weighted by molar-refractivity contribution is 5.72. The van der Waals surface area contributed by atoms with Crippen molar-refractivity contribution in [3.05, 3.63) is 101 Å². The van der Waals surface area contributed by atoms with Gasteiger partial charge in [-0.2, -0.15) is 0 Å². The molecule has 0 amide bonds. The quantitative estimate of drug-likeness (QED) is 0.497. The fourth-order valence-corrected chi connectivity index (χ4v) is 2.83. The molecule has 28 heavy (non-hydrogen) atoms. The first kappa shape index (κ1) is 19.6. The van der Waals surface area contributed by atoms with Gasteiger partial charge in [-0.3, -0.25) is 4.79 Å². The van der Waals surface area contributed by atoms with E-state index in [2.05, 4.69) is 0 Å². The van der Waals surface area contributed by atoms with Crippen LogP contribution in [0.25, 0.3) is 0 Å². The molecule has 3 aromatic rings. The zero-order valence-electron chi connectivity index (χ0n) is 15.8. The number of hydrogen-bond acceptors (Lipinski definition) is 3. The smallest absolute Gasteiger partial charge is 0.309 e. The second-order valence-electron chi connectivity index (χ2n) is 6.74. The van der Waals surface area contributed by atoms with Crippen LogP contribution in [0.2, 0.25) is 0 Å². The molecule has 4 heteroatoms. The van der Waals surface area contributed by atoms with E-state index in [-0.39, 0.29) is 24.2 Å². The Balaban J connectivity index is 1.52. The number of carbonyl (C=O) groups is 1. The predicted molar refractivity (Wildman–Crippen MR) is 106 cm³/mol. The lowest BCUT2D eigenvalue weighted by Crippen LogP contribution is -2.17. The lowest BCUT2D eigenvalue weighted by atomic mass is 10.0. The summed E-state index contributed by atoms with van der Waals surface area (Å²) in [7, 11) is 0. The van der Waals surface area contributed by atoms with Gasteiger partial charge >= 0.3 is 5.97 Å². The first-order valence-electron chi connectivity index (χ1n) is 9.27. The van der Waals surface area contributed by atoms with E-state index in [0.717, 1.165) is 16.7 Å². The number of esters is 1. The van der Waals surface area contributed by atoms with E-state index >= 15 is 0 Å². The maximum absolute atomic E-state index is 14.3. The number of carbonyl (C=O) groups excluding carboxylic acids is 1. The van der Waals surface area contributed by atoms with Crippen molar-refractivity contribution in [1.29, 1.82) is 0 Å². The molecule has 1 unspecified atom stereocenters. The number of hydrogen-bond donors (Lipinski definition) is 0. The van der Waals surface area contributed by atoms with Crippen LogP contribution in [0.4, 0.5) is 4.39 Å². The molecule has 0 aliphatic heterocycles. The summed E-state index contributed by atoms with van der Waals surface area (Å²) in [5.41, 5.74) is 2.64. The van der Waals surface area contributed by atoms with Crippen LogP contribution in [-0.4, -0.2) is 5.97 Å². The first-order chi connectivity index (χ1) is 13.6. The fourth-order valence-electron chi connectivity index (χ4n) is 2.83. The lowest BCUT2D eigenvalue weighted by molar-refractivity contribution is -0.149. The van der Waals surface area contributed by atoms with Gasteiger partial charge in [0, 0.05) is 0 Å². The van der Waals surface area contributed by atoms with Crippen molar-refractivity contribution in [2.24, 2.45) is 5.92 Å². The van der Waals surface area contributed by atoms with Gasteiger partial charge in [0.05, 0.1) is 5.92 Å². The number of benzene rings is 3. The van der Waals surface area contributed by atoms with Crippen LogP contribution < -0.4 is 4.74 Å². The molecule has 0 bridgehead atoms. The standard InChI is InChI=1S/C24H23FO3/c1-18(24(26)28-17-20-10-6-3-7-11-20)14-21-12-13-23(22(25)15-21)27-16-19-8-4-2-5-9-19/h2-13,15,18H,14,16-17H2,1H3. The van der Waals surface area contributed by atoms with Crippen molar-refractivity contribution in [1.82, 2.24) is 0 Å². The molecular formula is C24H23FO3. The molecule has 3 rings (SSSR count). The van der Waals surface area contributed by atoms with E-state index in [1.807, 2.05) is 60.7 Å². The van der Waals surface area contributed by atoms with Crippen LogP contribution in [0.3, 0.4) is 0 Å². The number of rotatable bonds is 8. The molecule has 0 N–H and O–H groups in total. The minimum absolute atomic E-state index is 0.201. The Morgan fingerprint density at radius 3 is 2.07 bits per heavy atom. The highest BCUT2D eigenvalue weighted by atomic mass is 19.1. The Morgan fingerprint density at radius 2 is 1.46 bits per heavy atom. The molecule has 0 aliphatic rings. The van der Waals surface area contributed by atoms with Crippen LogP contribution in [0.5, 0.6) is 5.75 Å². The van der Waals surface area contributed by atoms with Gasteiger partial charge in [-0.05, 0) is 35.2 Å². The molecule has 0 radical (unpaired) electrons. The lowest BCUT2D eigenvalue weighted by Gasteiger charge is -2.13. The Bertz CT molecular complexity index is 894. The summed E-state index contributed by atoms with van der Waals surface area (Å²) < 4.78 is 25.2. The maximum Gasteiger partial charge on any atom is 0.309 e. The number of halogens is 1. The Morgan fingerprint density at radius 1 is 0.857 bits per heavy atom. The van der Waals surface area contributed by atoms with Crippen LogP contribution in [-0.2, 0) is 29.2 Å². The van der Waals surface area contributed by atoms with Gasteiger partial charge in [0.1, 0.15) is 13.2 Å². The molecule has 1 atom stereocenters. The fraction of sp³-hybridized carbons (Fsp3) is 0.208. The maximum atomic E-state index is 14.3. The van der Waals surface area contributed by atoms with Crippen molar-refractivity contribution in [2.45, 2.75) is 26.6 Å². The van der Waals surface area contributed by atoms with Gasteiger partial charge in [-0.1, -0.05) is 73.7 Å². The molecule has 0 fully saturated rings. The van der Waals surface area contributed by atoms with Gasteiger partial charge in [0.2, 0.25) is 0 Å². The van der Waals surface area contributed by atoms with Crippen molar-refractivity contribution in [3.8, 4) is 5.75 Å². The molecular weight excluding hydrogens is 355 g/mol. The zero-order valence-corrected chi connectivity index (χ0v) is 15.8. The molecule has 0 spiro atoms. The van der Waals surface area contributed by atoms with E-state index in [9.17, 15) is 9.18 Å². The third-order valence-corrected chi connectivity index (χ3v) is 4.40. The van der Waals surface area contributed by atoms with Crippen LogP contribution in [0.1, 0.15) is 23.6 Å². The summed E-state index contributed by atoms with van der Waals surface area (Å²) in [4.78, 5) is 12.2. The topological polar surface area (TPSA) is 35.5 Å². The highest BCUT2D eigenvalue weighted by Crippen LogP contribution is 2.22. The van der Waals surface area contributed by atoms with Gasteiger partial charge in [-0.15, -0.1) is 0 Å². The minimum Gasteiger partial charge on any atom is -0.486 e. The van der Waals surface area contributed by atoms with Crippen molar-refractivity contribution >= 4 is 5.97 Å². The van der Waals surface area contributed by atoms with Crippen LogP contribution >= 0.6 is 0 Å². The molecule has 3 nitrogen and oxygen atoms in total. The van der Waals surface area contributed by atoms with Gasteiger partial charge in [0.15, 0.2) is 11.6 Å². The molecule has 0 heterocycles. The molecule has 0 saturated heterocycles. The van der Waals surface area contributed by atoms with Gasteiger partial charge in [0.25, 0.3) is 0 Å². The molecule has 144 valence electrons. The third kappa shape index (κ3) is 5.68. The van der Waals surface area contributed by atoms with E-state index in [0.29, 0.717) is 13.0 Å². The van der Waals surface area contributed by atoms with Gasteiger partial charge < -0.3 is 9.47 Å². The molecule has 0 aromatic heterocycles. The first-order valence-corrected chi connectivity index (χ1v) is 9.27. The highest BCUT2D eigenvalue weighted by Gasteiger charge is 2.16. The van der Waals surface area contributed by atoms with Crippen molar-refractivity contribution in [3.63, 3.8) is 0 Å². The normalized spacial score (nSPS) is 11.6. The average Bonchev–Trinajstić information content (AvgIpc) is 2.73. The van der Waals surface area contributed by atoms with E-state index in [1.54, 1.807) is 19.1 Å². The number of ether oxygens (including phenoxy) is 2. The van der Waals surface area contributed by atoms with E-state index in [4.69, 9.17) is 9.47 Å². The summed E-state index contributed by atoms with van der Waals surface area (Å²) in [5, 5.41) is 0. The zero-order chi connectivity index (χ0) is 19.8. The van der Waals surface area contributed by atoms with Crippen LogP contribution in [0, 0.1) is 11.7 Å². The summed E-state index contributed by atoms with van der Waals surface area (Å²) in [5.74, 6) is -0.891. The monoisotopic (exact) mass is 378 g/mol. The predicted octanol–water partition coefficient (Wildman–Crippen LogP) is 5.33. The van der Waals surface area contributed by atoms with E-state index in [1.165, 1.54) is 6.07 Å². The van der Waals surface area contributed by atoms with Crippen molar-refractivity contribution in [2.75, 3.05) is 0 Å². The summed E-state index contributed by atoms with van der Waals surface area (Å²) in [6.07, 6.45) is 0.406. The van der Waals surface area contributed by atoms with E-state index < -0.39 is 5.82 Å². The third-order valence-electron chi connectivity index (χ3n) is 4.40. The van der Waals surface area contributed by atoms with Crippen LogP contribution in [0.15, 0.2) is 78.9 Å². The second-order valence-corrected chi connectivity index (χ2v) is 6.74. The molecule has 3 aromatic carbocycles. The molecule has 0 saturated carbocycles. The van der Waals surface area contributed by atoms with Gasteiger partial charge in [-0.25, -0.2) is 4.39 Å². The Labute approximate surface area is 164 Å². The minimum atomic E-state index is -0.432. The van der Waals surface area contributed by atoms with Crippen molar-refractivity contribution < 1.29 is 18.7 Å². The largest absolute Gasteiger partial charge is 0.486 e. The molecule has 0 aliphatic carbocycles. The summed E-state index contributed by atoms with van der Waals surface area (Å²) in [6, 6.07) is 23.9. The summed E-state index contributed by atoms with van der Waals surface area (Å²) in [6.45, 7) is 2.33. The second kappa shape index (κ2) is 9.70. The summed E-state index contributed by atoms with van der Waals surface area (Å²) >= 11 is 0. The average molecular weight is 378 g/mol. The SMILES string of the molecule is CC(Cc1ccc(OCc2ccccc2)c(F)c1)C(=O)OCc1ccccc1. The Hall–Kier alpha value is -3.14.